The summed E-state index contributed by atoms with van der Waals surface area (Å²) < 4.78 is 5.86. The summed E-state index contributed by atoms with van der Waals surface area (Å²) in [6.45, 7) is 2.79. The Morgan fingerprint density at radius 2 is 2.00 bits per heavy atom. The number of nitrogens with zero attached hydrogens (tertiary/aromatic N) is 1. The van der Waals surface area contributed by atoms with Gasteiger partial charge in [-0.1, -0.05) is 53.0 Å². The van der Waals surface area contributed by atoms with Gasteiger partial charge in [-0.05, 0) is 19.1 Å². The van der Waals surface area contributed by atoms with Crippen LogP contribution in [0.5, 0.6) is 0 Å². The van der Waals surface area contributed by atoms with Gasteiger partial charge in [0.2, 0.25) is 0 Å². The number of carbonyl (C=O) groups excluding carboxylic acids is 1. The van der Waals surface area contributed by atoms with Crippen LogP contribution in [-0.2, 0) is 4.74 Å². The molecule has 7 heteroatoms. The molecule has 1 saturated heterocycles. The fraction of sp³-hybridized carbons (Fsp3) is 0.312. The molecular weight excluding hydrogens is 359 g/mol. The molecule has 1 aromatic heterocycles. The summed E-state index contributed by atoms with van der Waals surface area (Å²) in [7, 11) is 0. The van der Waals surface area contributed by atoms with Gasteiger partial charge in [-0.25, -0.2) is 0 Å². The highest BCUT2D eigenvalue weighted by Crippen LogP contribution is 2.31. The first kappa shape index (κ1) is 16.7. The van der Waals surface area contributed by atoms with Gasteiger partial charge in [0.1, 0.15) is 17.0 Å². The van der Waals surface area contributed by atoms with Crippen LogP contribution in [0.25, 0.3) is 0 Å². The van der Waals surface area contributed by atoms with Crippen LogP contribution in [0.4, 0.5) is 0 Å². The Kier molecular flexibility index (Phi) is 4.87. The lowest BCUT2D eigenvalue weighted by molar-refractivity contribution is -0.0487. The Morgan fingerprint density at radius 1 is 1.26 bits per heavy atom. The molecule has 2 heterocycles. The number of aromatic amines is 1. The van der Waals surface area contributed by atoms with Gasteiger partial charge < -0.3 is 14.6 Å². The minimum absolute atomic E-state index is 0.0536. The lowest BCUT2D eigenvalue weighted by atomic mass is 10.1. The van der Waals surface area contributed by atoms with Crippen molar-refractivity contribution in [2.45, 2.75) is 19.1 Å². The van der Waals surface area contributed by atoms with E-state index >= 15 is 0 Å². The molecule has 0 spiro atoms. The van der Waals surface area contributed by atoms with E-state index in [-0.39, 0.29) is 23.2 Å². The smallest absolute Gasteiger partial charge is 0.270 e. The summed E-state index contributed by atoms with van der Waals surface area (Å²) in [6, 6.07) is 8.98. The number of morpholine rings is 1. The number of ether oxygens (including phenoxy) is 1. The summed E-state index contributed by atoms with van der Waals surface area (Å²) in [5.74, 6) is -0.161. The van der Waals surface area contributed by atoms with Crippen molar-refractivity contribution < 1.29 is 9.53 Å². The van der Waals surface area contributed by atoms with Crippen molar-refractivity contribution in [3.63, 3.8) is 0 Å². The fourth-order valence-corrected chi connectivity index (χ4v) is 3.21. The average Bonchev–Trinajstić information content (AvgIpc) is 2.87. The van der Waals surface area contributed by atoms with Crippen LogP contribution in [0, 0.1) is 0 Å². The average molecular weight is 374 g/mol. The highest BCUT2D eigenvalue weighted by molar-refractivity contribution is 6.41. The van der Waals surface area contributed by atoms with Crippen molar-refractivity contribution in [3.8, 4) is 0 Å². The predicted molar refractivity (Wildman–Crippen MR) is 91.5 cm³/mol. The largest absolute Gasteiger partial charge is 0.369 e. The molecule has 2 aromatic rings. The summed E-state index contributed by atoms with van der Waals surface area (Å²) in [4.78, 5) is 17.3. The van der Waals surface area contributed by atoms with E-state index in [1.807, 2.05) is 31.2 Å². The molecule has 122 valence electrons. The fourth-order valence-electron chi connectivity index (χ4n) is 2.64. The molecule has 0 saturated carbocycles. The minimum Gasteiger partial charge on any atom is -0.369 e. The van der Waals surface area contributed by atoms with Gasteiger partial charge in [-0.15, -0.1) is 0 Å². The molecule has 3 rings (SSSR count). The molecule has 1 N–H and O–H groups in total. The van der Waals surface area contributed by atoms with Crippen LogP contribution < -0.4 is 0 Å². The zero-order valence-electron chi connectivity index (χ0n) is 12.4. The normalized spacial score (nSPS) is 21.5. The molecule has 1 fully saturated rings. The summed E-state index contributed by atoms with van der Waals surface area (Å²) in [5, 5.41) is 1.22. The molecule has 1 aromatic carbocycles. The number of halogens is 3. The summed E-state index contributed by atoms with van der Waals surface area (Å²) >= 11 is 18.0. The van der Waals surface area contributed by atoms with Crippen LogP contribution in [0.3, 0.4) is 0 Å². The number of benzene rings is 1. The number of aromatic nitrogens is 1. The molecule has 0 bridgehead atoms. The van der Waals surface area contributed by atoms with Crippen molar-refractivity contribution in [2.24, 2.45) is 0 Å². The monoisotopic (exact) mass is 372 g/mol. The van der Waals surface area contributed by atoms with E-state index in [0.29, 0.717) is 28.9 Å². The van der Waals surface area contributed by atoms with Gasteiger partial charge in [0.25, 0.3) is 5.91 Å². The van der Waals surface area contributed by atoms with E-state index in [4.69, 9.17) is 39.5 Å². The van der Waals surface area contributed by atoms with Gasteiger partial charge in [0.15, 0.2) is 0 Å². The first-order valence-electron chi connectivity index (χ1n) is 7.18. The second kappa shape index (κ2) is 6.73. The Morgan fingerprint density at radius 3 is 2.65 bits per heavy atom. The first-order chi connectivity index (χ1) is 11.0. The number of carbonyl (C=O) groups is 1. The van der Waals surface area contributed by atoms with Crippen molar-refractivity contribution >= 4 is 40.7 Å². The zero-order chi connectivity index (χ0) is 16.6. The van der Waals surface area contributed by atoms with Gasteiger partial charge in [0, 0.05) is 10.6 Å². The molecule has 2 unspecified atom stereocenters. The van der Waals surface area contributed by atoms with E-state index in [1.165, 1.54) is 0 Å². The third kappa shape index (κ3) is 3.36. The predicted octanol–water partition coefficient (Wildman–Crippen LogP) is 4.58. The second-order valence-corrected chi connectivity index (χ2v) is 6.69. The summed E-state index contributed by atoms with van der Waals surface area (Å²) in [6.07, 6.45) is -0.259. The van der Waals surface area contributed by atoms with Crippen molar-refractivity contribution in [3.05, 3.63) is 56.8 Å². The van der Waals surface area contributed by atoms with Crippen molar-refractivity contribution in [1.29, 1.82) is 0 Å². The molecule has 1 aliphatic heterocycles. The van der Waals surface area contributed by atoms with Crippen LogP contribution in [0.2, 0.25) is 15.2 Å². The van der Waals surface area contributed by atoms with E-state index < -0.39 is 0 Å². The molecule has 1 aliphatic rings. The quantitative estimate of drug-likeness (QED) is 0.837. The maximum atomic E-state index is 12.7. The Bertz CT molecular complexity index is 712. The van der Waals surface area contributed by atoms with Crippen LogP contribution in [0.1, 0.15) is 29.1 Å². The SMILES string of the molecule is CC1COC(c2ccccc2Cl)CN1C(=O)c1cc(Cl)c(Cl)[nH]1. The number of nitrogens with one attached hydrogen (secondary N) is 1. The zero-order valence-corrected chi connectivity index (χ0v) is 14.6. The van der Waals surface area contributed by atoms with Crippen LogP contribution >= 0.6 is 34.8 Å². The lowest BCUT2D eigenvalue weighted by Gasteiger charge is -2.38. The van der Waals surface area contributed by atoms with Crippen LogP contribution in [-0.4, -0.2) is 35.0 Å². The Hall–Kier alpha value is -1.20. The van der Waals surface area contributed by atoms with Gasteiger partial charge >= 0.3 is 0 Å². The third-order valence-corrected chi connectivity index (χ3v) is 4.94. The molecule has 23 heavy (non-hydrogen) atoms. The molecule has 2 atom stereocenters. The van der Waals surface area contributed by atoms with Gasteiger partial charge in [0.05, 0.1) is 24.2 Å². The van der Waals surface area contributed by atoms with E-state index in [2.05, 4.69) is 4.98 Å². The lowest BCUT2D eigenvalue weighted by Crippen LogP contribution is -2.48. The highest BCUT2D eigenvalue weighted by atomic mass is 35.5. The van der Waals surface area contributed by atoms with E-state index in [9.17, 15) is 4.79 Å². The Balaban J connectivity index is 1.83. The molecule has 1 amide bonds. The number of amides is 1. The van der Waals surface area contributed by atoms with Crippen LogP contribution in [0.15, 0.2) is 30.3 Å². The minimum atomic E-state index is -0.259. The summed E-state index contributed by atoms with van der Waals surface area (Å²) in [5.41, 5.74) is 1.24. The van der Waals surface area contributed by atoms with Crippen molar-refractivity contribution in [1.82, 2.24) is 9.88 Å². The Labute approximate surface area is 149 Å². The number of H-pyrrole nitrogens is 1. The van der Waals surface area contributed by atoms with Gasteiger partial charge in [-0.2, -0.15) is 0 Å². The molecular formula is C16H15Cl3N2O2. The maximum absolute atomic E-state index is 12.7. The molecule has 0 radical (unpaired) electrons. The third-order valence-electron chi connectivity index (χ3n) is 3.90. The number of hydrogen-bond acceptors (Lipinski definition) is 2. The topological polar surface area (TPSA) is 45.3 Å². The van der Waals surface area contributed by atoms with Crippen molar-refractivity contribution in [2.75, 3.05) is 13.2 Å². The molecule has 4 nitrogen and oxygen atoms in total. The van der Waals surface area contributed by atoms with E-state index in [0.717, 1.165) is 5.56 Å². The standard InChI is InChI=1S/C16H15Cl3N2O2/c1-9-8-23-14(10-4-2-3-5-11(10)17)7-21(9)16(22)13-6-12(18)15(19)20-13/h2-6,9,14,20H,7-8H2,1H3. The molecule has 0 aliphatic carbocycles. The maximum Gasteiger partial charge on any atom is 0.270 e. The first-order valence-corrected chi connectivity index (χ1v) is 8.31. The van der Waals surface area contributed by atoms with E-state index in [1.54, 1.807) is 11.0 Å². The number of rotatable bonds is 2. The van der Waals surface area contributed by atoms with Gasteiger partial charge in [-0.3, -0.25) is 4.79 Å². The number of hydrogen-bond donors (Lipinski definition) is 1. The second-order valence-electron chi connectivity index (χ2n) is 5.49. The highest BCUT2D eigenvalue weighted by Gasteiger charge is 2.32.